The maximum absolute atomic E-state index is 12.4. The van der Waals surface area contributed by atoms with E-state index in [1.165, 1.54) is 0 Å². The van der Waals surface area contributed by atoms with Crippen molar-refractivity contribution in [3.63, 3.8) is 0 Å². The Labute approximate surface area is 154 Å². The molecular formula is C20H24ClNO3. The van der Waals surface area contributed by atoms with Gasteiger partial charge in [0, 0.05) is 22.7 Å². The van der Waals surface area contributed by atoms with Crippen molar-refractivity contribution < 1.29 is 14.3 Å². The van der Waals surface area contributed by atoms with Gasteiger partial charge >= 0.3 is 0 Å². The molecule has 0 fully saturated rings. The van der Waals surface area contributed by atoms with E-state index in [-0.39, 0.29) is 12.0 Å². The molecule has 2 aromatic carbocycles. The minimum atomic E-state index is -0.135. The van der Waals surface area contributed by atoms with Gasteiger partial charge in [0.2, 0.25) is 0 Å². The number of rotatable bonds is 8. The van der Waals surface area contributed by atoms with E-state index < -0.39 is 0 Å². The summed E-state index contributed by atoms with van der Waals surface area (Å²) in [5, 5.41) is 3.59. The topological polar surface area (TPSA) is 47.6 Å². The lowest BCUT2D eigenvalue weighted by molar-refractivity contribution is 0.0641. The van der Waals surface area contributed by atoms with Gasteiger partial charge in [0.05, 0.1) is 19.3 Å². The summed E-state index contributed by atoms with van der Waals surface area (Å²) in [7, 11) is 0. The molecule has 0 heterocycles. The molecule has 0 aliphatic rings. The normalized spacial score (nSPS) is 10.8. The molecule has 2 rings (SSSR count). The van der Waals surface area contributed by atoms with Crippen LogP contribution in [0.5, 0.6) is 5.75 Å². The number of hydrogen-bond donors (Lipinski definition) is 1. The number of carbonyl (C=O) groups is 1. The third-order valence-electron chi connectivity index (χ3n) is 3.56. The SMILES string of the molecule is CCOc1ccc(C(=O)NCc2ccc(Cl)cc2)cc1COC(C)C. The van der Waals surface area contributed by atoms with E-state index in [1.807, 2.05) is 45.0 Å². The Hall–Kier alpha value is -2.04. The molecule has 1 amide bonds. The molecule has 5 heteroatoms. The van der Waals surface area contributed by atoms with Gasteiger partial charge in [-0.3, -0.25) is 4.79 Å². The summed E-state index contributed by atoms with van der Waals surface area (Å²) in [4.78, 5) is 12.4. The number of amides is 1. The van der Waals surface area contributed by atoms with Gasteiger partial charge in [-0.05, 0) is 56.7 Å². The van der Waals surface area contributed by atoms with E-state index in [0.717, 1.165) is 16.9 Å². The molecule has 0 spiro atoms. The summed E-state index contributed by atoms with van der Waals surface area (Å²) in [5.41, 5.74) is 2.45. The first-order chi connectivity index (χ1) is 12.0. The Morgan fingerprint density at radius 1 is 1.16 bits per heavy atom. The molecule has 0 aliphatic carbocycles. The Bertz CT molecular complexity index is 699. The standard InChI is InChI=1S/C20H24ClNO3/c1-4-24-19-10-7-16(11-17(19)13-25-14(2)3)20(23)22-12-15-5-8-18(21)9-6-15/h5-11,14H,4,12-13H2,1-3H3,(H,22,23). The van der Waals surface area contributed by atoms with E-state index in [1.54, 1.807) is 18.2 Å². The van der Waals surface area contributed by atoms with Crippen molar-refractivity contribution in [3.05, 3.63) is 64.2 Å². The highest BCUT2D eigenvalue weighted by Crippen LogP contribution is 2.22. The Morgan fingerprint density at radius 3 is 2.52 bits per heavy atom. The van der Waals surface area contributed by atoms with E-state index >= 15 is 0 Å². The lowest BCUT2D eigenvalue weighted by Crippen LogP contribution is -2.23. The first-order valence-corrected chi connectivity index (χ1v) is 8.77. The highest BCUT2D eigenvalue weighted by atomic mass is 35.5. The predicted octanol–water partition coefficient (Wildman–Crippen LogP) is 4.59. The maximum Gasteiger partial charge on any atom is 0.251 e. The number of benzene rings is 2. The van der Waals surface area contributed by atoms with Gasteiger partial charge < -0.3 is 14.8 Å². The molecule has 0 radical (unpaired) electrons. The fourth-order valence-corrected chi connectivity index (χ4v) is 2.40. The summed E-state index contributed by atoms with van der Waals surface area (Å²) in [6, 6.07) is 12.8. The number of carbonyl (C=O) groups excluding carboxylic acids is 1. The van der Waals surface area contributed by atoms with E-state index in [9.17, 15) is 4.79 Å². The molecule has 0 saturated heterocycles. The molecule has 134 valence electrons. The highest BCUT2D eigenvalue weighted by molar-refractivity contribution is 6.30. The fourth-order valence-electron chi connectivity index (χ4n) is 2.27. The first kappa shape index (κ1) is 19.3. The second-order valence-corrected chi connectivity index (χ2v) is 6.36. The van der Waals surface area contributed by atoms with Crippen LogP contribution in [0.25, 0.3) is 0 Å². The molecule has 0 bridgehead atoms. The van der Waals surface area contributed by atoms with Gasteiger partial charge in [-0.15, -0.1) is 0 Å². The molecule has 1 N–H and O–H groups in total. The van der Waals surface area contributed by atoms with Crippen molar-refractivity contribution in [2.24, 2.45) is 0 Å². The molecule has 0 atom stereocenters. The fraction of sp³-hybridized carbons (Fsp3) is 0.350. The van der Waals surface area contributed by atoms with Gasteiger partial charge in [-0.25, -0.2) is 0 Å². The van der Waals surface area contributed by atoms with Gasteiger partial charge in [0.15, 0.2) is 0 Å². The Balaban J connectivity index is 2.07. The number of hydrogen-bond acceptors (Lipinski definition) is 3. The van der Waals surface area contributed by atoms with Crippen LogP contribution in [-0.4, -0.2) is 18.6 Å². The zero-order valence-corrected chi connectivity index (χ0v) is 15.6. The molecule has 2 aromatic rings. The average Bonchev–Trinajstić information content (AvgIpc) is 2.60. The van der Waals surface area contributed by atoms with Crippen LogP contribution < -0.4 is 10.1 Å². The number of halogens is 1. The molecule has 0 aliphatic heterocycles. The van der Waals surface area contributed by atoms with Gasteiger partial charge in [0.1, 0.15) is 5.75 Å². The van der Waals surface area contributed by atoms with Gasteiger partial charge in [0.25, 0.3) is 5.91 Å². The van der Waals surface area contributed by atoms with Gasteiger partial charge in [-0.1, -0.05) is 23.7 Å². The highest BCUT2D eigenvalue weighted by Gasteiger charge is 2.11. The summed E-state index contributed by atoms with van der Waals surface area (Å²) in [6.07, 6.45) is 0.108. The molecule has 0 saturated carbocycles. The molecule has 25 heavy (non-hydrogen) atoms. The minimum Gasteiger partial charge on any atom is -0.494 e. The second-order valence-electron chi connectivity index (χ2n) is 5.92. The predicted molar refractivity (Wildman–Crippen MR) is 100 cm³/mol. The maximum atomic E-state index is 12.4. The summed E-state index contributed by atoms with van der Waals surface area (Å²) in [6.45, 7) is 7.30. The van der Waals surface area contributed by atoms with E-state index in [0.29, 0.717) is 30.3 Å². The molecular weight excluding hydrogens is 338 g/mol. The van der Waals surface area contributed by atoms with Crippen LogP contribution in [0, 0.1) is 0 Å². The number of ether oxygens (including phenoxy) is 2. The lowest BCUT2D eigenvalue weighted by Gasteiger charge is -2.14. The van der Waals surface area contributed by atoms with Crippen LogP contribution in [0.4, 0.5) is 0 Å². The van der Waals surface area contributed by atoms with Crippen molar-refractivity contribution in [1.29, 1.82) is 0 Å². The van der Waals surface area contributed by atoms with Crippen molar-refractivity contribution in [1.82, 2.24) is 5.32 Å². The third kappa shape index (κ3) is 6.07. The van der Waals surface area contributed by atoms with Crippen LogP contribution in [0.3, 0.4) is 0 Å². The largest absolute Gasteiger partial charge is 0.494 e. The molecule has 0 aromatic heterocycles. The smallest absolute Gasteiger partial charge is 0.251 e. The summed E-state index contributed by atoms with van der Waals surface area (Å²) < 4.78 is 11.3. The van der Waals surface area contributed by atoms with Crippen LogP contribution in [-0.2, 0) is 17.9 Å². The van der Waals surface area contributed by atoms with Crippen molar-refractivity contribution >= 4 is 17.5 Å². The zero-order valence-electron chi connectivity index (χ0n) is 14.8. The van der Waals surface area contributed by atoms with Crippen molar-refractivity contribution in [2.75, 3.05) is 6.61 Å². The zero-order chi connectivity index (χ0) is 18.2. The van der Waals surface area contributed by atoms with Crippen LogP contribution in [0.15, 0.2) is 42.5 Å². The Morgan fingerprint density at radius 2 is 1.88 bits per heavy atom. The van der Waals surface area contributed by atoms with Crippen molar-refractivity contribution in [3.8, 4) is 5.75 Å². The lowest BCUT2D eigenvalue weighted by atomic mass is 10.1. The second kappa shape index (κ2) is 9.44. The third-order valence-corrected chi connectivity index (χ3v) is 3.81. The minimum absolute atomic E-state index is 0.108. The summed E-state index contributed by atoms with van der Waals surface area (Å²) >= 11 is 5.87. The van der Waals surface area contributed by atoms with E-state index in [2.05, 4.69) is 5.32 Å². The van der Waals surface area contributed by atoms with Crippen molar-refractivity contribution in [2.45, 2.75) is 40.0 Å². The average molecular weight is 362 g/mol. The molecule has 0 unspecified atom stereocenters. The monoisotopic (exact) mass is 361 g/mol. The summed E-state index contributed by atoms with van der Waals surface area (Å²) in [5.74, 6) is 0.612. The quantitative estimate of drug-likeness (QED) is 0.747. The van der Waals surface area contributed by atoms with E-state index in [4.69, 9.17) is 21.1 Å². The van der Waals surface area contributed by atoms with Crippen LogP contribution in [0.1, 0.15) is 42.3 Å². The molecule has 4 nitrogen and oxygen atoms in total. The van der Waals surface area contributed by atoms with Crippen LogP contribution >= 0.6 is 11.6 Å². The van der Waals surface area contributed by atoms with Gasteiger partial charge in [-0.2, -0.15) is 0 Å². The Kier molecular flexibility index (Phi) is 7.29. The first-order valence-electron chi connectivity index (χ1n) is 8.39. The number of nitrogens with one attached hydrogen (secondary N) is 1. The van der Waals surface area contributed by atoms with Crippen LogP contribution in [0.2, 0.25) is 5.02 Å².